The highest BCUT2D eigenvalue weighted by atomic mass is 16.5. The van der Waals surface area contributed by atoms with Crippen molar-refractivity contribution >= 4 is 22.4 Å². The zero-order valence-electron chi connectivity index (χ0n) is 20.4. The van der Waals surface area contributed by atoms with Crippen LogP contribution >= 0.6 is 0 Å². The minimum Gasteiger partial charge on any atom is -0.492 e. The van der Waals surface area contributed by atoms with E-state index >= 15 is 0 Å². The van der Waals surface area contributed by atoms with Crippen LogP contribution in [0.2, 0.25) is 0 Å². The third kappa shape index (κ3) is 6.20. The van der Waals surface area contributed by atoms with Crippen molar-refractivity contribution in [2.45, 2.75) is 25.8 Å². The third-order valence-corrected chi connectivity index (χ3v) is 6.97. The van der Waals surface area contributed by atoms with Crippen LogP contribution in [0.1, 0.15) is 35.2 Å². The highest BCUT2D eigenvalue weighted by molar-refractivity contribution is 6.10. The van der Waals surface area contributed by atoms with Crippen molar-refractivity contribution in [1.29, 1.82) is 0 Å². The standard InChI is InChI=1S/C29H35N3O3/c33-29(24-10-8-23(9-11-24)22-32-14-4-1-5-15-32)30-27-12-13-28(26-7-3-2-6-25(26)27)35-21-18-31-16-19-34-20-17-31/h2-3,6-13H,1,4-5,14-22H2,(H,30,33). The third-order valence-electron chi connectivity index (χ3n) is 6.97. The maximum absolute atomic E-state index is 13.0. The van der Waals surface area contributed by atoms with Gasteiger partial charge in [-0.15, -0.1) is 0 Å². The zero-order chi connectivity index (χ0) is 23.9. The lowest BCUT2D eigenvalue weighted by Crippen LogP contribution is -2.38. The van der Waals surface area contributed by atoms with Gasteiger partial charge in [-0.3, -0.25) is 14.6 Å². The average Bonchev–Trinajstić information content (AvgIpc) is 2.91. The number of hydrogen-bond acceptors (Lipinski definition) is 5. The van der Waals surface area contributed by atoms with Crippen LogP contribution in [0, 0.1) is 0 Å². The number of anilines is 1. The fourth-order valence-electron chi connectivity index (χ4n) is 4.95. The lowest BCUT2D eigenvalue weighted by Gasteiger charge is -2.26. The maximum Gasteiger partial charge on any atom is 0.255 e. The summed E-state index contributed by atoms with van der Waals surface area (Å²) in [5.41, 5.74) is 2.72. The predicted octanol–water partition coefficient (Wildman–Crippen LogP) is 4.79. The van der Waals surface area contributed by atoms with Crippen LogP contribution in [0.3, 0.4) is 0 Å². The smallest absolute Gasteiger partial charge is 0.255 e. The van der Waals surface area contributed by atoms with Crippen molar-refractivity contribution in [1.82, 2.24) is 9.80 Å². The molecule has 0 bridgehead atoms. The van der Waals surface area contributed by atoms with Gasteiger partial charge in [-0.25, -0.2) is 0 Å². The Labute approximate surface area is 207 Å². The van der Waals surface area contributed by atoms with E-state index in [4.69, 9.17) is 9.47 Å². The minimum absolute atomic E-state index is 0.0966. The number of hydrogen-bond donors (Lipinski definition) is 1. The van der Waals surface area contributed by atoms with Gasteiger partial charge in [0.25, 0.3) is 5.91 Å². The highest BCUT2D eigenvalue weighted by Gasteiger charge is 2.14. The Balaban J connectivity index is 1.23. The van der Waals surface area contributed by atoms with Gasteiger partial charge in [0, 0.05) is 48.2 Å². The molecular formula is C29H35N3O3. The van der Waals surface area contributed by atoms with Crippen LogP contribution < -0.4 is 10.1 Å². The second-order valence-electron chi connectivity index (χ2n) is 9.45. The van der Waals surface area contributed by atoms with Gasteiger partial charge < -0.3 is 14.8 Å². The van der Waals surface area contributed by atoms with E-state index in [1.807, 2.05) is 48.5 Å². The van der Waals surface area contributed by atoms with Crippen molar-refractivity contribution in [2.75, 3.05) is 57.9 Å². The zero-order valence-corrected chi connectivity index (χ0v) is 20.4. The van der Waals surface area contributed by atoms with Crippen LogP contribution in [0.15, 0.2) is 60.7 Å². The summed E-state index contributed by atoms with van der Waals surface area (Å²) >= 11 is 0. The lowest BCUT2D eigenvalue weighted by atomic mass is 10.1. The van der Waals surface area contributed by atoms with Gasteiger partial charge in [0.05, 0.1) is 13.2 Å². The molecule has 0 saturated carbocycles. The number of fused-ring (bicyclic) bond motifs is 1. The number of nitrogens with one attached hydrogen (secondary N) is 1. The second-order valence-corrected chi connectivity index (χ2v) is 9.45. The first-order valence-electron chi connectivity index (χ1n) is 12.8. The van der Waals surface area contributed by atoms with Crippen molar-refractivity contribution in [3.63, 3.8) is 0 Å². The molecule has 3 aromatic carbocycles. The van der Waals surface area contributed by atoms with E-state index in [2.05, 4.69) is 27.2 Å². The molecule has 1 amide bonds. The summed E-state index contributed by atoms with van der Waals surface area (Å²) in [6.45, 7) is 8.28. The van der Waals surface area contributed by atoms with Crippen molar-refractivity contribution < 1.29 is 14.3 Å². The molecule has 35 heavy (non-hydrogen) atoms. The summed E-state index contributed by atoms with van der Waals surface area (Å²) in [6.07, 6.45) is 3.91. The molecule has 0 atom stereocenters. The number of likely N-dealkylation sites (tertiary alicyclic amines) is 1. The first-order valence-corrected chi connectivity index (χ1v) is 12.8. The van der Waals surface area contributed by atoms with Gasteiger partial charge in [-0.1, -0.05) is 42.8 Å². The number of benzene rings is 3. The summed E-state index contributed by atoms with van der Waals surface area (Å²) in [5, 5.41) is 5.09. The summed E-state index contributed by atoms with van der Waals surface area (Å²) < 4.78 is 11.6. The highest BCUT2D eigenvalue weighted by Crippen LogP contribution is 2.32. The quantitative estimate of drug-likeness (QED) is 0.510. The summed E-state index contributed by atoms with van der Waals surface area (Å²) in [5.74, 6) is 0.745. The topological polar surface area (TPSA) is 54.0 Å². The molecule has 184 valence electrons. The Bertz CT molecular complexity index is 1120. The Morgan fingerprint density at radius 1 is 0.829 bits per heavy atom. The molecule has 0 aliphatic carbocycles. The number of nitrogens with zero attached hydrogens (tertiary/aromatic N) is 2. The normalized spacial score (nSPS) is 17.4. The Morgan fingerprint density at radius 3 is 2.34 bits per heavy atom. The summed E-state index contributed by atoms with van der Waals surface area (Å²) in [6, 6.07) is 20.0. The summed E-state index contributed by atoms with van der Waals surface area (Å²) in [4.78, 5) is 17.9. The maximum atomic E-state index is 13.0. The van der Waals surface area contributed by atoms with E-state index in [0.29, 0.717) is 12.2 Å². The lowest BCUT2D eigenvalue weighted by molar-refractivity contribution is 0.0323. The van der Waals surface area contributed by atoms with E-state index in [0.717, 1.165) is 61.6 Å². The van der Waals surface area contributed by atoms with Crippen LogP contribution in [-0.2, 0) is 11.3 Å². The van der Waals surface area contributed by atoms with Gasteiger partial charge in [0.15, 0.2) is 0 Å². The molecule has 2 saturated heterocycles. The number of morpholine rings is 1. The molecule has 2 aliphatic rings. The first-order chi connectivity index (χ1) is 17.3. The van der Waals surface area contributed by atoms with Crippen molar-refractivity contribution in [3.8, 4) is 5.75 Å². The molecule has 1 N–H and O–H groups in total. The predicted molar refractivity (Wildman–Crippen MR) is 140 cm³/mol. The number of carbonyl (C=O) groups excluding carboxylic acids is 1. The molecule has 0 aromatic heterocycles. The number of amides is 1. The van der Waals surface area contributed by atoms with E-state index in [9.17, 15) is 4.79 Å². The monoisotopic (exact) mass is 473 g/mol. The average molecular weight is 474 g/mol. The van der Waals surface area contributed by atoms with E-state index in [-0.39, 0.29) is 5.91 Å². The molecule has 5 rings (SSSR count). The molecule has 0 spiro atoms. The number of ether oxygens (including phenoxy) is 2. The largest absolute Gasteiger partial charge is 0.492 e. The molecular weight excluding hydrogens is 438 g/mol. The van der Waals surface area contributed by atoms with E-state index in [1.54, 1.807) is 0 Å². The van der Waals surface area contributed by atoms with Crippen LogP contribution in [-0.4, -0.2) is 68.3 Å². The SMILES string of the molecule is O=C(Nc1ccc(OCCN2CCOCC2)c2ccccc12)c1ccc(CN2CCCCC2)cc1. The fourth-order valence-corrected chi connectivity index (χ4v) is 4.95. The van der Waals surface area contributed by atoms with Crippen LogP contribution in [0.25, 0.3) is 10.8 Å². The Morgan fingerprint density at radius 2 is 1.57 bits per heavy atom. The van der Waals surface area contributed by atoms with E-state index < -0.39 is 0 Å². The fraction of sp³-hybridized carbons (Fsp3) is 0.414. The number of rotatable bonds is 8. The van der Waals surface area contributed by atoms with Crippen molar-refractivity contribution in [2.24, 2.45) is 0 Å². The molecule has 3 aromatic rings. The van der Waals surface area contributed by atoms with Gasteiger partial charge in [0.2, 0.25) is 0 Å². The molecule has 2 fully saturated rings. The van der Waals surface area contributed by atoms with Gasteiger partial charge in [0.1, 0.15) is 12.4 Å². The molecule has 2 heterocycles. The minimum atomic E-state index is -0.0966. The van der Waals surface area contributed by atoms with Gasteiger partial charge in [-0.2, -0.15) is 0 Å². The summed E-state index contributed by atoms with van der Waals surface area (Å²) in [7, 11) is 0. The second kappa shape index (κ2) is 11.7. The van der Waals surface area contributed by atoms with Crippen LogP contribution in [0.5, 0.6) is 5.75 Å². The first kappa shape index (κ1) is 23.8. The van der Waals surface area contributed by atoms with Gasteiger partial charge in [-0.05, 0) is 55.8 Å². The molecule has 6 nitrogen and oxygen atoms in total. The number of piperidine rings is 1. The molecule has 0 radical (unpaired) electrons. The Hall–Kier alpha value is -2.93. The van der Waals surface area contributed by atoms with Crippen molar-refractivity contribution in [3.05, 3.63) is 71.8 Å². The molecule has 2 aliphatic heterocycles. The van der Waals surface area contributed by atoms with E-state index in [1.165, 1.54) is 37.9 Å². The van der Waals surface area contributed by atoms with Crippen LogP contribution in [0.4, 0.5) is 5.69 Å². The van der Waals surface area contributed by atoms with Gasteiger partial charge >= 0.3 is 0 Å². The molecule has 0 unspecified atom stereocenters. The molecule has 6 heteroatoms. The number of carbonyl (C=O) groups is 1. The Kier molecular flexibility index (Phi) is 7.93.